The fourth-order valence-electron chi connectivity index (χ4n) is 3.15. The van der Waals surface area contributed by atoms with Crippen molar-refractivity contribution >= 4 is 34.4 Å². The number of thioether (sulfide) groups is 1. The van der Waals surface area contributed by atoms with Gasteiger partial charge in [0.15, 0.2) is 5.65 Å². The smallest absolute Gasteiger partial charge is 0.332 e. The molecule has 4 aromatic rings. The first-order valence-electron chi connectivity index (χ1n) is 9.89. The molecule has 0 saturated carbocycles. The summed E-state index contributed by atoms with van der Waals surface area (Å²) in [5, 5.41) is 5.59. The maximum Gasteiger partial charge on any atom is 0.332 e. The molecule has 4 rings (SSSR count). The minimum atomic E-state index is -0.431. The summed E-state index contributed by atoms with van der Waals surface area (Å²) in [4.78, 5) is 34.6. The Kier molecular flexibility index (Phi) is 5.72. The molecule has 32 heavy (non-hydrogen) atoms. The van der Waals surface area contributed by atoms with Crippen LogP contribution < -0.4 is 11.2 Å². The van der Waals surface area contributed by atoms with Gasteiger partial charge in [-0.05, 0) is 12.1 Å². The molecule has 0 aliphatic carbocycles. The zero-order valence-electron chi connectivity index (χ0n) is 18.3. The molecule has 8 nitrogen and oxygen atoms in total. The lowest BCUT2D eigenvalue weighted by molar-refractivity contribution is 0.397. The molecule has 0 atom stereocenters. The van der Waals surface area contributed by atoms with Crippen molar-refractivity contribution in [3.8, 4) is 11.3 Å². The average Bonchev–Trinajstić information content (AvgIpc) is 3.23. The van der Waals surface area contributed by atoms with Gasteiger partial charge in [-0.3, -0.25) is 13.9 Å². The number of benzene rings is 1. The van der Waals surface area contributed by atoms with Crippen LogP contribution >= 0.6 is 23.4 Å². The number of nitrogens with zero attached hydrogens (tertiary/aromatic N) is 5. The van der Waals surface area contributed by atoms with Crippen LogP contribution in [0.1, 0.15) is 32.4 Å². The van der Waals surface area contributed by atoms with Gasteiger partial charge in [-0.2, -0.15) is 0 Å². The quantitative estimate of drug-likeness (QED) is 0.328. The molecule has 10 heteroatoms. The van der Waals surface area contributed by atoms with E-state index in [0.717, 1.165) is 10.1 Å². The van der Waals surface area contributed by atoms with Crippen molar-refractivity contribution in [1.29, 1.82) is 0 Å². The van der Waals surface area contributed by atoms with Gasteiger partial charge in [-0.25, -0.2) is 14.8 Å². The lowest BCUT2D eigenvalue weighted by Gasteiger charge is -2.19. The van der Waals surface area contributed by atoms with Crippen molar-refractivity contribution in [2.45, 2.75) is 37.0 Å². The van der Waals surface area contributed by atoms with Gasteiger partial charge in [-0.15, -0.1) is 0 Å². The van der Waals surface area contributed by atoms with Crippen LogP contribution in [0.15, 0.2) is 49.5 Å². The summed E-state index contributed by atoms with van der Waals surface area (Å²) in [5.41, 5.74) is 0.679. The van der Waals surface area contributed by atoms with Crippen molar-refractivity contribution in [2.24, 2.45) is 14.1 Å². The summed E-state index contributed by atoms with van der Waals surface area (Å²) in [7, 11) is 3.05. The summed E-state index contributed by atoms with van der Waals surface area (Å²) in [6.07, 6.45) is 0. The Balaban J connectivity index is 1.75. The van der Waals surface area contributed by atoms with Gasteiger partial charge in [0.25, 0.3) is 5.56 Å². The Morgan fingerprint density at radius 1 is 1.06 bits per heavy atom. The van der Waals surface area contributed by atoms with E-state index >= 15 is 0 Å². The predicted octanol–water partition coefficient (Wildman–Crippen LogP) is 3.93. The van der Waals surface area contributed by atoms with Crippen LogP contribution in [0.5, 0.6) is 0 Å². The highest BCUT2D eigenvalue weighted by atomic mass is 35.5. The molecule has 166 valence electrons. The first kappa shape index (κ1) is 22.3. The minimum Gasteiger partial charge on any atom is -0.360 e. The van der Waals surface area contributed by atoms with Crippen LogP contribution in [0.25, 0.3) is 22.3 Å². The van der Waals surface area contributed by atoms with Crippen LogP contribution in [0, 0.1) is 0 Å². The predicted molar refractivity (Wildman–Crippen MR) is 125 cm³/mol. The molecule has 0 aliphatic heterocycles. The Morgan fingerprint density at radius 3 is 2.41 bits per heavy atom. The van der Waals surface area contributed by atoms with Gasteiger partial charge in [0, 0.05) is 36.2 Å². The van der Waals surface area contributed by atoms with Gasteiger partial charge in [-0.1, -0.05) is 61.4 Å². The topological polar surface area (TPSA) is 95.8 Å². The number of hydrogen-bond acceptors (Lipinski definition) is 7. The Labute approximate surface area is 193 Å². The van der Waals surface area contributed by atoms with Crippen LogP contribution in [-0.2, 0) is 25.3 Å². The van der Waals surface area contributed by atoms with Crippen LogP contribution in [-0.4, -0.2) is 24.3 Å². The molecule has 0 spiro atoms. The third kappa shape index (κ3) is 4.10. The molecule has 0 aliphatic rings. The number of aromatic nitrogens is 5. The van der Waals surface area contributed by atoms with Crippen LogP contribution in [0.4, 0.5) is 0 Å². The standard InChI is InChI=1S/C22H22ClN5O3S/c1-22(2,3)20-24-17-16(19(29)28(5)21(30)27(17)4)18(25-20)32-11-14-10-15(26-31-14)12-6-8-13(23)9-7-12/h6-10H,11H2,1-5H3. The first-order valence-corrected chi connectivity index (χ1v) is 11.2. The normalized spacial score (nSPS) is 11.9. The van der Waals surface area contributed by atoms with Crippen molar-refractivity contribution in [3.05, 3.63) is 67.8 Å². The lowest BCUT2D eigenvalue weighted by Crippen LogP contribution is -2.38. The lowest BCUT2D eigenvalue weighted by atomic mass is 9.96. The molecule has 0 amide bonds. The molecule has 0 saturated heterocycles. The molecular formula is C22H22ClN5O3S. The third-order valence-corrected chi connectivity index (χ3v) is 6.24. The highest BCUT2D eigenvalue weighted by molar-refractivity contribution is 7.98. The van der Waals surface area contributed by atoms with E-state index in [1.165, 1.54) is 23.4 Å². The molecular weight excluding hydrogens is 450 g/mol. The Bertz CT molecular complexity index is 1430. The maximum atomic E-state index is 12.9. The zero-order chi connectivity index (χ0) is 23.2. The van der Waals surface area contributed by atoms with E-state index < -0.39 is 11.2 Å². The van der Waals surface area contributed by atoms with Gasteiger partial charge in [0.05, 0.1) is 5.75 Å². The highest BCUT2D eigenvalue weighted by Crippen LogP contribution is 2.30. The second-order valence-corrected chi connectivity index (χ2v) is 9.88. The monoisotopic (exact) mass is 471 g/mol. The van der Waals surface area contributed by atoms with Gasteiger partial charge in [0.1, 0.15) is 27.7 Å². The van der Waals surface area contributed by atoms with Crippen molar-refractivity contribution in [3.63, 3.8) is 0 Å². The number of halogens is 1. The van der Waals surface area contributed by atoms with E-state index in [-0.39, 0.29) is 5.41 Å². The van der Waals surface area contributed by atoms with E-state index in [1.807, 2.05) is 39.0 Å². The van der Waals surface area contributed by atoms with Crippen molar-refractivity contribution in [1.82, 2.24) is 24.3 Å². The van der Waals surface area contributed by atoms with Crippen LogP contribution in [0.2, 0.25) is 5.02 Å². The fourth-order valence-corrected chi connectivity index (χ4v) is 4.16. The maximum absolute atomic E-state index is 12.9. The summed E-state index contributed by atoms with van der Waals surface area (Å²) < 4.78 is 7.94. The van der Waals surface area contributed by atoms with Gasteiger partial charge < -0.3 is 4.52 Å². The van der Waals surface area contributed by atoms with Gasteiger partial charge >= 0.3 is 5.69 Å². The number of hydrogen-bond donors (Lipinski definition) is 0. The van der Waals surface area contributed by atoms with E-state index in [1.54, 1.807) is 19.2 Å². The second-order valence-electron chi connectivity index (χ2n) is 8.48. The number of rotatable bonds is 4. The van der Waals surface area contributed by atoms with E-state index in [0.29, 0.717) is 44.1 Å². The minimum absolute atomic E-state index is 0.310. The molecule has 0 bridgehead atoms. The summed E-state index contributed by atoms with van der Waals surface area (Å²) in [6, 6.07) is 9.17. The third-order valence-electron chi connectivity index (χ3n) is 4.99. The first-order chi connectivity index (χ1) is 15.1. The van der Waals surface area contributed by atoms with Crippen LogP contribution in [0.3, 0.4) is 0 Å². The van der Waals surface area contributed by atoms with Crippen molar-refractivity contribution < 1.29 is 4.52 Å². The molecule has 3 heterocycles. The molecule has 0 N–H and O–H groups in total. The highest BCUT2D eigenvalue weighted by Gasteiger charge is 2.24. The zero-order valence-corrected chi connectivity index (χ0v) is 19.9. The van der Waals surface area contributed by atoms with Gasteiger partial charge in [0.2, 0.25) is 0 Å². The summed E-state index contributed by atoms with van der Waals surface area (Å²) >= 11 is 7.30. The van der Waals surface area contributed by atoms with E-state index in [9.17, 15) is 9.59 Å². The fraction of sp³-hybridized carbons (Fsp3) is 0.318. The van der Waals surface area contributed by atoms with Crippen molar-refractivity contribution in [2.75, 3.05) is 0 Å². The SMILES string of the molecule is Cn1c(=O)c2c(SCc3cc(-c4ccc(Cl)cc4)no3)nc(C(C)(C)C)nc2n(C)c1=O. The summed E-state index contributed by atoms with van der Waals surface area (Å²) in [5.74, 6) is 1.59. The largest absolute Gasteiger partial charge is 0.360 e. The Morgan fingerprint density at radius 2 is 1.75 bits per heavy atom. The molecule has 0 radical (unpaired) electrons. The van der Waals surface area contributed by atoms with E-state index in [2.05, 4.69) is 15.1 Å². The molecule has 3 aromatic heterocycles. The summed E-state index contributed by atoms with van der Waals surface area (Å²) in [6.45, 7) is 5.95. The molecule has 0 fully saturated rings. The number of aryl methyl sites for hydroxylation is 1. The number of fused-ring (bicyclic) bond motifs is 1. The Hall–Kier alpha value is -2.91. The average molecular weight is 472 g/mol. The molecule has 0 unspecified atom stereocenters. The second kappa shape index (κ2) is 8.22. The molecule has 1 aromatic carbocycles. The van der Waals surface area contributed by atoms with E-state index in [4.69, 9.17) is 16.1 Å².